The van der Waals surface area contributed by atoms with Crippen LogP contribution in [0.2, 0.25) is 0 Å². The number of thiophene rings is 1. The minimum atomic E-state index is -1.17. The summed E-state index contributed by atoms with van der Waals surface area (Å²) in [4.78, 5) is 42.7. The summed E-state index contributed by atoms with van der Waals surface area (Å²) in [6.45, 7) is 3.65. The second kappa shape index (κ2) is 8.65. The van der Waals surface area contributed by atoms with Crippen LogP contribution in [0, 0.1) is 19.3 Å². The Hall–Kier alpha value is -3.35. The number of carbonyl (C=O) groups excluding carboxylic acids is 3. The summed E-state index contributed by atoms with van der Waals surface area (Å²) in [6, 6.07) is 8.71. The summed E-state index contributed by atoms with van der Waals surface area (Å²) in [5, 5.41) is 5.76. The Kier molecular flexibility index (Phi) is 5.91. The molecule has 0 bridgehead atoms. The number of nitrogens with one attached hydrogen (secondary N) is 2. The Morgan fingerprint density at radius 3 is 2.66 bits per heavy atom. The minimum Gasteiger partial charge on any atom is -0.378 e. The number of hydrogen-bond acceptors (Lipinski definition) is 5. The number of likely N-dealkylation sites (N-methyl/N-ethyl adjacent to an activating group) is 1. The second-order valence-corrected chi connectivity index (χ2v) is 9.04. The fourth-order valence-corrected chi connectivity index (χ4v) is 4.59. The van der Waals surface area contributed by atoms with Crippen LogP contribution in [0.1, 0.15) is 26.5 Å². The molecule has 32 heavy (non-hydrogen) atoms. The van der Waals surface area contributed by atoms with Crippen molar-refractivity contribution < 1.29 is 19.1 Å². The first-order chi connectivity index (χ1) is 15.3. The molecule has 2 fully saturated rings. The maximum atomic E-state index is 13.2. The highest BCUT2D eigenvalue weighted by molar-refractivity contribution is 7.14. The molecule has 0 aliphatic carbocycles. The number of benzene rings is 1. The Labute approximate surface area is 190 Å². The van der Waals surface area contributed by atoms with Crippen molar-refractivity contribution in [3.05, 3.63) is 45.6 Å². The lowest BCUT2D eigenvalue weighted by molar-refractivity contribution is -0.122. The number of terminal acetylenes is 1. The zero-order chi connectivity index (χ0) is 22.9. The predicted molar refractivity (Wildman–Crippen MR) is 123 cm³/mol. The van der Waals surface area contributed by atoms with E-state index in [1.807, 2.05) is 19.1 Å². The van der Waals surface area contributed by atoms with Gasteiger partial charge in [-0.15, -0.1) is 17.8 Å². The molecule has 4 rings (SSSR count). The van der Waals surface area contributed by atoms with E-state index in [9.17, 15) is 14.4 Å². The Balaban J connectivity index is 1.49. The van der Waals surface area contributed by atoms with Gasteiger partial charge >= 0.3 is 6.03 Å². The average molecular weight is 453 g/mol. The molecule has 4 amide bonds. The van der Waals surface area contributed by atoms with Crippen molar-refractivity contribution in [3.63, 3.8) is 0 Å². The zero-order valence-corrected chi connectivity index (χ0v) is 18.8. The van der Waals surface area contributed by atoms with E-state index in [0.29, 0.717) is 41.6 Å². The summed E-state index contributed by atoms with van der Waals surface area (Å²) in [6.07, 6.45) is 5.75. The van der Waals surface area contributed by atoms with Gasteiger partial charge in [0.15, 0.2) is 0 Å². The van der Waals surface area contributed by atoms with Gasteiger partial charge in [-0.1, -0.05) is 5.92 Å². The summed E-state index contributed by atoms with van der Waals surface area (Å²) in [5.74, 6) is 1.80. The lowest BCUT2D eigenvalue weighted by Gasteiger charge is -2.27. The number of hydrogen-bond donors (Lipinski definition) is 2. The number of rotatable bonds is 5. The highest BCUT2D eigenvalue weighted by atomic mass is 32.1. The quantitative estimate of drug-likeness (QED) is 0.682. The van der Waals surface area contributed by atoms with Crippen LogP contribution in [-0.2, 0) is 9.53 Å². The van der Waals surface area contributed by atoms with Crippen LogP contribution in [0.25, 0.3) is 0 Å². The lowest BCUT2D eigenvalue weighted by Crippen LogP contribution is -2.57. The van der Waals surface area contributed by atoms with Crippen molar-refractivity contribution in [1.29, 1.82) is 0 Å². The van der Waals surface area contributed by atoms with Gasteiger partial charge in [0.2, 0.25) is 0 Å². The van der Waals surface area contributed by atoms with Crippen molar-refractivity contribution in [2.24, 2.45) is 0 Å². The van der Waals surface area contributed by atoms with E-state index in [1.54, 1.807) is 35.0 Å². The van der Waals surface area contributed by atoms with Crippen molar-refractivity contribution in [2.45, 2.75) is 18.9 Å². The van der Waals surface area contributed by atoms with Crippen LogP contribution in [0.3, 0.4) is 0 Å². The first-order valence-electron chi connectivity index (χ1n) is 10.2. The fourth-order valence-electron chi connectivity index (χ4n) is 3.87. The van der Waals surface area contributed by atoms with E-state index in [-0.39, 0.29) is 24.5 Å². The summed E-state index contributed by atoms with van der Waals surface area (Å²) >= 11 is 1.20. The number of aryl methyl sites for hydroxylation is 1. The molecule has 0 saturated carbocycles. The monoisotopic (exact) mass is 452 g/mol. The molecule has 1 aromatic carbocycles. The van der Waals surface area contributed by atoms with Crippen LogP contribution < -0.4 is 15.5 Å². The SMILES string of the molecule is C#Cc1ccc(C(=O)NC2(C(=O)Nc3ccc(N4CCN(C)C4=O)c(C)c3)CCOC2)s1. The normalized spacial score (nSPS) is 20.3. The third kappa shape index (κ3) is 4.07. The van der Waals surface area contributed by atoms with Gasteiger partial charge in [-0.05, 0) is 42.8 Å². The molecule has 1 unspecified atom stereocenters. The van der Waals surface area contributed by atoms with Gasteiger partial charge in [-0.25, -0.2) is 4.79 Å². The Morgan fingerprint density at radius 2 is 2.06 bits per heavy atom. The van der Waals surface area contributed by atoms with E-state index in [0.717, 1.165) is 11.3 Å². The van der Waals surface area contributed by atoms with Gasteiger partial charge in [0.1, 0.15) is 5.54 Å². The molecule has 0 radical (unpaired) electrons. The maximum absolute atomic E-state index is 13.2. The molecule has 1 atom stereocenters. The molecule has 166 valence electrons. The van der Waals surface area contributed by atoms with Gasteiger partial charge in [-0.3, -0.25) is 14.5 Å². The van der Waals surface area contributed by atoms with Crippen molar-refractivity contribution in [1.82, 2.24) is 10.2 Å². The highest BCUT2D eigenvalue weighted by Gasteiger charge is 2.44. The molecule has 2 saturated heterocycles. The first-order valence-corrected chi connectivity index (χ1v) is 11.1. The Bertz CT molecular complexity index is 1110. The van der Waals surface area contributed by atoms with E-state index >= 15 is 0 Å². The van der Waals surface area contributed by atoms with Gasteiger partial charge in [0, 0.05) is 44.5 Å². The van der Waals surface area contributed by atoms with Gasteiger partial charge in [-0.2, -0.15) is 0 Å². The number of urea groups is 1. The topological polar surface area (TPSA) is 91.0 Å². The number of amides is 4. The van der Waals surface area contributed by atoms with E-state index in [2.05, 4.69) is 16.6 Å². The summed E-state index contributed by atoms with van der Waals surface area (Å²) < 4.78 is 5.46. The second-order valence-electron chi connectivity index (χ2n) is 7.96. The smallest absolute Gasteiger partial charge is 0.324 e. The van der Waals surface area contributed by atoms with Gasteiger partial charge in [0.05, 0.1) is 16.4 Å². The van der Waals surface area contributed by atoms with Crippen LogP contribution in [0.15, 0.2) is 30.3 Å². The van der Waals surface area contributed by atoms with E-state index in [4.69, 9.17) is 11.2 Å². The fraction of sp³-hybridized carbons (Fsp3) is 0.348. The highest BCUT2D eigenvalue weighted by Crippen LogP contribution is 2.28. The maximum Gasteiger partial charge on any atom is 0.324 e. The largest absolute Gasteiger partial charge is 0.378 e. The molecule has 9 heteroatoms. The number of ether oxygens (including phenoxy) is 1. The molecule has 8 nitrogen and oxygen atoms in total. The molecule has 2 aliphatic rings. The van der Waals surface area contributed by atoms with Crippen molar-refractivity contribution >= 4 is 40.6 Å². The molecular weight excluding hydrogens is 428 g/mol. The number of nitrogens with zero attached hydrogens (tertiary/aromatic N) is 2. The average Bonchev–Trinajstić information content (AvgIpc) is 3.51. The minimum absolute atomic E-state index is 0.0452. The molecule has 3 heterocycles. The van der Waals surface area contributed by atoms with Crippen molar-refractivity contribution in [2.75, 3.05) is 43.6 Å². The lowest BCUT2D eigenvalue weighted by atomic mass is 9.96. The third-order valence-electron chi connectivity index (χ3n) is 5.74. The molecule has 0 spiro atoms. The summed E-state index contributed by atoms with van der Waals surface area (Å²) in [5.41, 5.74) is 1.10. The van der Waals surface area contributed by atoms with E-state index in [1.165, 1.54) is 11.3 Å². The molecule has 2 aromatic rings. The van der Waals surface area contributed by atoms with E-state index < -0.39 is 5.54 Å². The van der Waals surface area contributed by atoms with Crippen molar-refractivity contribution in [3.8, 4) is 12.3 Å². The number of anilines is 2. The van der Waals surface area contributed by atoms with Crippen LogP contribution >= 0.6 is 11.3 Å². The zero-order valence-electron chi connectivity index (χ0n) is 17.9. The molecule has 2 N–H and O–H groups in total. The number of carbonyl (C=O) groups is 3. The predicted octanol–water partition coefficient (Wildman–Crippen LogP) is 2.44. The van der Waals surface area contributed by atoms with Gasteiger partial charge < -0.3 is 20.3 Å². The summed E-state index contributed by atoms with van der Waals surface area (Å²) in [7, 11) is 1.77. The van der Waals surface area contributed by atoms with Gasteiger partial charge in [0.25, 0.3) is 11.8 Å². The molecule has 1 aromatic heterocycles. The van der Waals surface area contributed by atoms with Crippen LogP contribution in [0.4, 0.5) is 16.2 Å². The third-order valence-corrected chi connectivity index (χ3v) is 6.76. The standard InChI is InChI=1S/C23H24N4O4S/c1-4-17-6-8-19(32-17)20(28)25-23(9-12-31-14-23)21(29)24-16-5-7-18(15(2)13-16)27-11-10-26(3)22(27)30/h1,5-8,13H,9-12,14H2,2-3H3,(H,24,29)(H,25,28). The Morgan fingerprint density at radius 1 is 1.25 bits per heavy atom. The first kappa shape index (κ1) is 21.9. The van der Waals surface area contributed by atoms with Crippen LogP contribution in [0.5, 0.6) is 0 Å². The van der Waals surface area contributed by atoms with Crippen LogP contribution in [-0.4, -0.2) is 61.6 Å². The molecular formula is C23H24N4O4S. The molecule has 2 aliphatic heterocycles.